The van der Waals surface area contributed by atoms with E-state index in [0.29, 0.717) is 13.0 Å². The van der Waals surface area contributed by atoms with Gasteiger partial charge >= 0.3 is 5.97 Å². The second-order valence-corrected chi connectivity index (χ2v) is 4.94. The third kappa shape index (κ3) is 3.19. The Morgan fingerprint density at radius 3 is 2.59 bits per heavy atom. The molecule has 1 aliphatic heterocycles. The van der Waals surface area contributed by atoms with E-state index in [1.54, 1.807) is 6.92 Å². The Bertz CT molecular complexity index is 303. The van der Waals surface area contributed by atoms with Gasteiger partial charge in [0.05, 0.1) is 6.10 Å². The number of carboxylic acids is 1. The predicted octanol–water partition coefficient (Wildman–Crippen LogP) is 1.27. The van der Waals surface area contributed by atoms with Crippen molar-refractivity contribution in [3.8, 4) is 0 Å². The highest BCUT2D eigenvalue weighted by Crippen LogP contribution is 2.28. The van der Waals surface area contributed by atoms with Gasteiger partial charge in [-0.1, -0.05) is 0 Å². The van der Waals surface area contributed by atoms with E-state index in [0.717, 1.165) is 12.8 Å². The molecule has 0 radical (unpaired) electrons. The van der Waals surface area contributed by atoms with Gasteiger partial charge in [0.2, 0.25) is 5.91 Å². The number of carboxylic acid groups (broad SMARTS) is 1. The maximum absolute atomic E-state index is 12.0. The molecule has 17 heavy (non-hydrogen) atoms. The van der Waals surface area contributed by atoms with Gasteiger partial charge in [-0.3, -0.25) is 4.79 Å². The molecule has 98 valence electrons. The number of piperidine rings is 1. The highest BCUT2D eigenvalue weighted by Gasteiger charge is 2.43. The van der Waals surface area contributed by atoms with E-state index in [-0.39, 0.29) is 18.6 Å². The third-order valence-electron chi connectivity index (χ3n) is 3.19. The lowest BCUT2D eigenvalue weighted by molar-refractivity contribution is -0.163. The molecular weight excluding hydrogens is 222 g/mol. The minimum absolute atomic E-state index is 0.0279. The number of hydrogen-bond donors (Lipinski definition) is 1. The third-order valence-corrected chi connectivity index (χ3v) is 3.19. The van der Waals surface area contributed by atoms with Crippen molar-refractivity contribution >= 4 is 11.9 Å². The molecule has 0 aromatic rings. The number of ether oxygens (including phenoxy) is 1. The van der Waals surface area contributed by atoms with E-state index in [9.17, 15) is 14.7 Å². The summed E-state index contributed by atoms with van der Waals surface area (Å²) in [4.78, 5) is 24.7. The summed E-state index contributed by atoms with van der Waals surface area (Å²) in [5.74, 6) is -1.17. The van der Waals surface area contributed by atoms with Crippen LogP contribution in [-0.2, 0) is 14.3 Å². The van der Waals surface area contributed by atoms with Crippen molar-refractivity contribution in [2.45, 2.75) is 51.7 Å². The molecule has 1 fully saturated rings. The van der Waals surface area contributed by atoms with Crippen LogP contribution in [0, 0.1) is 0 Å². The summed E-state index contributed by atoms with van der Waals surface area (Å²) < 4.78 is 5.25. The van der Waals surface area contributed by atoms with Crippen molar-refractivity contribution in [3.63, 3.8) is 0 Å². The molecule has 0 aliphatic carbocycles. The zero-order valence-electron chi connectivity index (χ0n) is 10.7. The number of nitrogens with zero attached hydrogens (tertiary/aromatic N) is 1. The molecule has 1 N–H and O–H groups in total. The fourth-order valence-corrected chi connectivity index (χ4v) is 2.06. The molecule has 1 saturated heterocycles. The molecule has 0 aromatic heterocycles. The summed E-state index contributed by atoms with van der Waals surface area (Å²) in [6.45, 7) is 5.77. The number of hydrogen-bond acceptors (Lipinski definition) is 3. The van der Waals surface area contributed by atoms with Crippen LogP contribution in [0.2, 0.25) is 0 Å². The Morgan fingerprint density at radius 2 is 2.06 bits per heavy atom. The zero-order valence-corrected chi connectivity index (χ0v) is 10.7. The Hall–Kier alpha value is -1.10. The Balaban J connectivity index is 2.71. The largest absolute Gasteiger partial charge is 0.480 e. The standard InChI is InChI=1S/C12H21NO4/c1-9(2)17-8-10(14)13-7-5-4-6-12(13,3)11(15)16/h9H,4-8H2,1-3H3,(H,15,16). The van der Waals surface area contributed by atoms with E-state index in [4.69, 9.17) is 4.74 Å². The van der Waals surface area contributed by atoms with Crippen LogP contribution in [0.25, 0.3) is 0 Å². The molecule has 1 amide bonds. The smallest absolute Gasteiger partial charge is 0.329 e. The summed E-state index contributed by atoms with van der Waals surface area (Å²) in [5, 5.41) is 9.26. The average Bonchev–Trinajstić information content (AvgIpc) is 2.26. The molecule has 1 aliphatic rings. The van der Waals surface area contributed by atoms with Gasteiger partial charge in [0, 0.05) is 6.54 Å². The normalized spacial score (nSPS) is 25.1. The summed E-state index contributed by atoms with van der Waals surface area (Å²) in [7, 11) is 0. The van der Waals surface area contributed by atoms with E-state index in [2.05, 4.69) is 0 Å². The molecule has 1 rings (SSSR count). The van der Waals surface area contributed by atoms with E-state index in [1.807, 2.05) is 13.8 Å². The van der Waals surface area contributed by atoms with Crippen molar-refractivity contribution < 1.29 is 19.4 Å². The Morgan fingerprint density at radius 1 is 1.41 bits per heavy atom. The predicted molar refractivity (Wildman–Crippen MR) is 62.7 cm³/mol. The molecule has 0 bridgehead atoms. The minimum atomic E-state index is -1.07. The first-order chi connectivity index (χ1) is 7.88. The first-order valence-corrected chi connectivity index (χ1v) is 6.03. The number of amides is 1. The van der Waals surface area contributed by atoms with Gasteiger partial charge < -0.3 is 14.7 Å². The fraction of sp³-hybridized carbons (Fsp3) is 0.833. The van der Waals surface area contributed by atoms with Crippen LogP contribution in [0.15, 0.2) is 0 Å². The lowest BCUT2D eigenvalue weighted by atomic mass is 9.88. The van der Waals surface area contributed by atoms with E-state index < -0.39 is 11.5 Å². The number of rotatable bonds is 4. The monoisotopic (exact) mass is 243 g/mol. The molecule has 0 saturated carbocycles. The van der Waals surface area contributed by atoms with Crippen molar-refractivity contribution in [2.24, 2.45) is 0 Å². The van der Waals surface area contributed by atoms with Gasteiger partial charge in [0.25, 0.3) is 0 Å². The second kappa shape index (κ2) is 5.49. The summed E-state index contributed by atoms with van der Waals surface area (Å²) in [5.41, 5.74) is -1.07. The number of aliphatic carboxylic acids is 1. The van der Waals surface area contributed by atoms with Gasteiger partial charge in [-0.05, 0) is 40.0 Å². The van der Waals surface area contributed by atoms with Crippen LogP contribution in [0.4, 0.5) is 0 Å². The highest BCUT2D eigenvalue weighted by molar-refractivity contribution is 5.87. The van der Waals surface area contributed by atoms with Crippen molar-refractivity contribution in [3.05, 3.63) is 0 Å². The van der Waals surface area contributed by atoms with Crippen LogP contribution in [-0.4, -0.2) is 46.7 Å². The maximum Gasteiger partial charge on any atom is 0.329 e. The van der Waals surface area contributed by atoms with E-state index in [1.165, 1.54) is 4.90 Å². The first-order valence-electron chi connectivity index (χ1n) is 6.03. The lowest BCUT2D eigenvalue weighted by Gasteiger charge is -2.41. The molecule has 5 heteroatoms. The van der Waals surface area contributed by atoms with Gasteiger partial charge in [-0.2, -0.15) is 0 Å². The van der Waals surface area contributed by atoms with Crippen LogP contribution in [0.5, 0.6) is 0 Å². The molecule has 1 unspecified atom stereocenters. The van der Waals surface area contributed by atoms with Gasteiger partial charge in [-0.25, -0.2) is 4.79 Å². The first kappa shape index (κ1) is 14.0. The molecule has 0 spiro atoms. The van der Waals surface area contributed by atoms with Gasteiger partial charge in [0.1, 0.15) is 12.1 Å². The maximum atomic E-state index is 12.0. The van der Waals surface area contributed by atoms with Crippen LogP contribution < -0.4 is 0 Å². The van der Waals surface area contributed by atoms with Crippen LogP contribution >= 0.6 is 0 Å². The molecule has 0 aromatic carbocycles. The zero-order chi connectivity index (χ0) is 13.1. The van der Waals surface area contributed by atoms with E-state index >= 15 is 0 Å². The second-order valence-electron chi connectivity index (χ2n) is 4.94. The Kier molecular flexibility index (Phi) is 4.51. The molecule has 5 nitrogen and oxygen atoms in total. The van der Waals surface area contributed by atoms with Crippen molar-refractivity contribution in [1.82, 2.24) is 4.90 Å². The molecule has 1 heterocycles. The summed E-state index contributed by atoms with van der Waals surface area (Å²) in [6, 6.07) is 0. The van der Waals surface area contributed by atoms with Crippen LogP contribution in [0.3, 0.4) is 0 Å². The topological polar surface area (TPSA) is 66.8 Å². The van der Waals surface area contributed by atoms with Crippen LogP contribution in [0.1, 0.15) is 40.0 Å². The number of carbonyl (C=O) groups excluding carboxylic acids is 1. The van der Waals surface area contributed by atoms with Gasteiger partial charge in [-0.15, -0.1) is 0 Å². The average molecular weight is 243 g/mol. The fourth-order valence-electron chi connectivity index (χ4n) is 2.06. The minimum Gasteiger partial charge on any atom is -0.480 e. The number of likely N-dealkylation sites (tertiary alicyclic amines) is 1. The SMILES string of the molecule is CC(C)OCC(=O)N1CCCCC1(C)C(=O)O. The van der Waals surface area contributed by atoms with Gasteiger partial charge in [0.15, 0.2) is 0 Å². The number of carbonyl (C=O) groups is 2. The Labute approximate surface area is 102 Å². The summed E-state index contributed by atoms with van der Waals surface area (Å²) in [6.07, 6.45) is 2.18. The summed E-state index contributed by atoms with van der Waals surface area (Å²) >= 11 is 0. The highest BCUT2D eigenvalue weighted by atomic mass is 16.5. The van der Waals surface area contributed by atoms with Crippen molar-refractivity contribution in [2.75, 3.05) is 13.2 Å². The lowest BCUT2D eigenvalue weighted by Crippen LogP contribution is -2.58. The van der Waals surface area contributed by atoms with Crippen molar-refractivity contribution in [1.29, 1.82) is 0 Å². The quantitative estimate of drug-likeness (QED) is 0.807. The molecule has 1 atom stereocenters. The molecular formula is C12H21NO4.